The third kappa shape index (κ3) is 7.66. The highest BCUT2D eigenvalue weighted by atomic mass is 16.7. The van der Waals surface area contributed by atoms with Gasteiger partial charge in [0.2, 0.25) is 5.78 Å². The van der Waals surface area contributed by atoms with Gasteiger partial charge in [0.05, 0.1) is 11.9 Å². The second kappa shape index (κ2) is 16.4. The first kappa shape index (κ1) is 36.8. The molecule has 0 unspecified atom stereocenters. The monoisotopic (exact) mass is 664 g/mol. The molecule has 1 aromatic carbocycles. The Balaban J connectivity index is 1.66. The van der Waals surface area contributed by atoms with Crippen molar-refractivity contribution in [1.29, 1.82) is 0 Å². The number of hydrogen-bond donors (Lipinski definition) is 6. The number of aliphatic imine (C=N–C) groups is 1. The Morgan fingerprint density at radius 3 is 2.56 bits per heavy atom. The van der Waals surface area contributed by atoms with E-state index in [0.717, 1.165) is 37.0 Å². The Hall–Kier alpha value is -4.00. The highest BCUT2D eigenvalue weighted by Gasteiger charge is 2.85. The van der Waals surface area contributed by atoms with Gasteiger partial charge in [0.25, 0.3) is 5.60 Å². The van der Waals surface area contributed by atoms with E-state index in [1.54, 1.807) is 31.3 Å². The van der Waals surface area contributed by atoms with E-state index in [-0.39, 0.29) is 42.1 Å². The summed E-state index contributed by atoms with van der Waals surface area (Å²) in [4.78, 5) is 46.7. The van der Waals surface area contributed by atoms with E-state index in [9.17, 15) is 19.5 Å². The lowest BCUT2D eigenvalue weighted by molar-refractivity contribution is -0.157. The van der Waals surface area contributed by atoms with Crippen LogP contribution in [0.5, 0.6) is 0 Å². The van der Waals surface area contributed by atoms with Crippen molar-refractivity contribution in [1.82, 2.24) is 16.0 Å². The van der Waals surface area contributed by atoms with Crippen molar-refractivity contribution in [2.75, 3.05) is 33.3 Å². The van der Waals surface area contributed by atoms with Crippen molar-refractivity contribution in [2.24, 2.45) is 22.4 Å². The summed E-state index contributed by atoms with van der Waals surface area (Å²) in [6.45, 7) is 7.89. The molecule has 0 spiro atoms. The number of nitrogens with two attached hydrogens (primary N) is 2. The summed E-state index contributed by atoms with van der Waals surface area (Å²) in [6.07, 6.45) is 9.15. The smallest absolute Gasteiger partial charge is 0.350 e. The SMILES string of the molecule is CCCC[C@H](CNCC)[C@H](CCCO)OC(=O)[C@]12O[C@@]1(C/C=C(\C)C[C@@H](NC(N)=NC)C1=CCNC(N)=C1)C(=O)c1ccccc1C2=O. The maximum absolute atomic E-state index is 14.3. The fourth-order valence-electron chi connectivity index (χ4n) is 6.69. The summed E-state index contributed by atoms with van der Waals surface area (Å²) >= 11 is 0. The average Bonchev–Trinajstić information content (AvgIpc) is 3.80. The molecule has 2 heterocycles. The molecule has 0 aromatic heterocycles. The van der Waals surface area contributed by atoms with Gasteiger partial charge in [-0.3, -0.25) is 14.6 Å². The Bertz CT molecular complexity index is 1460. The van der Waals surface area contributed by atoms with Crippen LogP contribution in [0.1, 0.15) is 86.4 Å². The highest BCUT2D eigenvalue weighted by Crippen LogP contribution is 2.58. The molecule has 262 valence electrons. The first-order valence-corrected chi connectivity index (χ1v) is 17.0. The van der Waals surface area contributed by atoms with E-state index in [4.69, 9.17) is 20.9 Å². The van der Waals surface area contributed by atoms with Crippen LogP contribution in [0.2, 0.25) is 0 Å². The second-order valence-electron chi connectivity index (χ2n) is 12.8. The summed E-state index contributed by atoms with van der Waals surface area (Å²) in [5, 5.41) is 19.3. The summed E-state index contributed by atoms with van der Waals surface area (Å²) in [6, 6.07) is 6.24. The number of rotatable bonds is 18. The molecule has 12 heteroatoms. The number of aliphatic hydroxyl groups is 1. The van der Waals surface area contributed by atoms with Gasteiger partial charge in [0, 0.05) is 50.2 Å². The Morgan fingerprint density at radius 2 is 1.92 bits per heavy atom. The molecule has 0 bridgehead atoms. The Morgan fingerprint density at radius 1 is 1.19 bits per heavy atom. The number of carbonyl (C=O) groups is 3. The fraction of sp³-hybridized carbons (Fsp3) is 0.556. The van der Waals surface area contributed by atoms with Gasteiger partial charge >= 0.3 is 5.97 Å². The predicted molar refractivity (Wildman–Crippen MR) is 185 cm³/mol. The first-order chi connectivity index (χ1) is 23.1. The number of ketones is 2. The fourth-order valence-corrected chi connectivity index (χ4v) is 6.69. The summed E-state index contributed by atoms with van der Waals surface area (Å²) in [5.74, 6) is -1.09. The molecular weight excluding hydrogens is 612 g/mol. The van der Waals surface area contributed by atoms with Crippen molar-refractivity contribution in [2.45, 2.75) is 89.1 Å². The van der Waals surface area contributed by atoms with Crippen LogP contribution in [0.4, 0.5) is 0 Å². The quantitative estimate of drug-likeness (QED) is 0.0337. The van der Waals surface area contributed by atoms with Crippen LogP contribution in [-0.2, 0) is 14.3 Å². The molecular formula is C36H52N6O6. The van der Waals surface area contributed by atoms with Gasteiger partial charge in [-0.15, -0.1) is 0 Å². The van der Waals surface area contributed by atoms with E-state index < -0.39 is 34.8 Å². The first-order valence-electron chi connectivity index (χ1n) is 17.0. The maximum atomic E-state index is 14.3. The molecule has 0 radical (unpaired) electrons. The van der Waals surface area contributed by atoms with Crippen molar-refractivity contribution in [3.63, 3.8) is 0 Å². The van der Waals surface area contributed by atoms with Gasteiger partial charge in [-0.05, 0) is 50.8 Å². The highest BCUT2D eigenvalue weighted by molar-refractivity contribution is 6.32. The number of benzene rings is 1. The molecule has 1 fully saturated rings. The molecule has 2 aliphatic heterocycles. The maximum Gasteiger partial charge on any atom is 0.350 e. The standard InChI is InChI=1S/C36H52N6O6/c1-5-7-11-25(22-40-6-2)29(14-10-19-43)47-33(46)36-32(45)27-13-9-8-12-26(27)31(44)35(36,48-36)17-15-23(3)20-28(42-34(38)39-4)24-16-18-41-30(37)21-24/h8-9,12-13,15-16,21,25,28-29,40-41,43H,5-7,10-11,14,17-20,22,37H2,1-4H3,(H3,38,39,42)/b23-15+/t25-,28-,29+,35+,36+/m1/s1. The number of unbranched alkanes of at least 4 members (excludes halogenated alkanes) is 1. The lowest BCUT2D eigenvalue weighted by Crippen LogP contribution is -2.51. The van der Waals surface area contributed by atoms with Crippen LogP contribution in [0.25, 0.3) is 0 Å². The van der Waals surface area contributed by atoms with E-state index in [1.807, 2.05) is 32.1 Å². The predicted octanol–water partition coefficient (Wildman–Crippen LogP) is 2.63. The van der Waals surface area contributed by atoms with Crippen molar-refractivity contribution in [3.05, 3.63) is 70.6 Å². The van der Waals surface area contributed by atoms with Crippen LogP contribution in [0.3, 0.4) is 0 Å². The largest absolute Gasteiger partial charge is 0.459 e. The topological polar surface area (TPSA) is 194 Å². The van der Waals surface area contributed by atoms with E-state index in [0.29, 0.717) is 38.2 Å². The van der Waals surface area contributed by atoms with Crippen LogP contribution in [0.15, 0.2) is 64.5 Å². The Kier molecular flexibility index (Phi) is 12.6. The lowest BCUT2D eigenvalue weighted by atomic mass is 9.72. The molecule has 0 saturated carbocycles. The normalized spacial score (nSPS) is 23.9. The molecule has 1 saturated heterocycles. The number of aliphatic hydroxyl groups excluding tert-OH is 1. The van der Waals surface area contributed by atoms with Crippen LogP contribution >= 0.6 is 0 Å². The van der Waals surface area contributed by atoms with Crippen LogP contribution in [0, 0.1) is 5.92 Å². The molecule has 1 aliphatic carbocycles. The number of carbonyl (C=O) groups excluding carboxylic acids is 3. The minimum atomic E-state index is -2.09. The second-order valence-corrected chi connectivity index (χ2v) is 12.8. The number of epoxide rings is 1. The zero-order valence-electron chi connectivity index (χ0n) is 28.6. The molecule has 4 rings (SSSR count). The average molecular weight is 665 g/mol. The molecule has 8 N–H and O–H groups in total. The zero-order chi connectivity index (χ0) is 34.9. The third-order valence-electron chi connectivity index (χ3n) is 9.46. The molecule has 1 aromatic rings. The molecule has 3 aliphatic rings. The van der Waals surface area contributed by atoms with E-state index in [1.165, 1.54) is 0 Å². The number of fused-ring (bicyclic) bond motifs is 2. The van der Waals surface area contributed by atoms with Crippen molar-refractivity contribution in [3.8, 4) is 0 Å². The van der Waals surface area contributed by atoms with E-state index in [2.05, 4.69) is 27.9 Å². The van der Waals surface area contributed by atoms with Gasteiger partial charge in [-0.2, -0.15) is 0 Å². The number of hydrogen-bond acceptors (Lipinski definition) is 10. The van der Waals surface area contributed by atoms with Crippen LogP contribution in [-0.4, -0.2) is 85.2 Å². The van der Waals surface area contributed by atoms with Crippen molar-refractivity contribution >= 4 is 23.5 Å². The number of ether oxygens (including phenoxy) is 2. The third-order valence-corrected chi connectivity index (χ3v) is 9.46. The number of esters is 1. The zero-order valence-corrected chi connectivity index (χ0v) is 28.6. The van der Waals surface area contributed by atoms with E-state index >= 15 is 0 Å². The number of Topliss-reactive ketones (excluding diaryl/α,β-unsaturated/α-hetero) is 2. The van der Waals surface area contributed by atoms with Gasteiger partial charge in [0.15, 0.2) is 17.3 Å². The lowest BCUT2D eigenvalue weighted by Gasteiger charge is -2.30. The number of dihydropyridines is 1. The summed E-state index contributed by atoms with van der Waals surface area (Å²) in [5.41, 5.74) is 10.4. The minimum absolute atomic E-state index is 0.00650. The summed E-state index contributed by atoms with van der Waals surface area (Å²) in [7, 11) is 1.59. The van der Waals surface area contributed by atoms with Gasteiger partial charge in [-0.25, -0.2) is 4.79 Å². The van der Waals surface area contributed by atoms with Crippen LogP contribution < -0.4 is 27.4 Å². The summed E-state index contributed by atoms with van der Waals surface area (Å²) < 4.78 is 12.3. The molecule has 5 atom stereocenters. The Labute approximate surface area is 283 Å². The van der Waals surface area contributed by atoms with Crippen molar-refractivity contribution < 1.29 is 29.0 Å². The molecule has 12 nitrogen and oxygen atoms in total. The number of nitrogens with one attached hydrogen (secondary N) is 3. The number of nitrogens with zero attached hydrogens (tertiary/aromatic N) is 1. The van der Waals surface area contributed by atoms with Gasteiger partial charge in [0.1, 0.15) is 6.10 Å². The molecule has 0 amide bonds. The van der Waals surface area contributed by atoms with Gasteiger partial charge < -0.3 is 42.0 Å². The molecule has 48 heavy (non-hydrogen) atoms. The minimum Gasteiger partial charge on any atom is -0.459 e. The van der Waals surface area contributed by atoms with Gasteiger partial charge in [-0.1, -0.05) is 68.7 Å². The number of guanidine groups is 1.